The molecule has 0 bridgehead atoms. The summed E-state index contributed by atoms with van der Waals surface area (Å²) in [5.41, 5.74) is 0.153. The largest absolute Gasteiger partial charge is 0.451 e. The smallest absolute Gasteiger partial charge is 0.287 e. The number of carbonyl (C=O) groups is 1. The lowest BCUT2D eigenvalue weighted by atomic mass is 9.97. The van der Waals surface area contributed by atoms with Crippen LogP contribution in [0, 0.1) is 12.7 Å². The summed E-state index contributed by atoms with van der Waals surface area (Å²) in [6.07, 6.45) is 1.10. The zero-order valence-electron chi connectivity index (χ0n) is 12.5. The van der Waals surface area contributed by atoms with Crippen molar-refractivity contribution in [1.82, 2.24) is 5.32 Å². The minimum atomic E-state index is -0.915. The summed E-state index contributed by atoms with van der Waals surface area (Å²) in [6, 6.07) is 4.14. The van der Waals surface area contributed by atoms with Crippen LogP contribution in [0.5, 0.6) is 0 Å². The van der Waals surface area contributed by atoms with Crippen molar-refractivity contribution in [2.75, 3.05) is 6.54 Å². The highest BCUT2D eigenvalue weighted by molar-refractivity contribution is 5.98. The molecule has 0 saturated heterocycles. The SMILES string of the molecule is CCC(O)(CC)CNC(=O)c1oc2ccc(F)cc2c1C. The molecule has 0 aliphatic rings. The van der Waals surface area contributed by atoms with Crippen molar-refractivity contribution < 1.29 is 18.7 Å². The molecule has 0 fully saturated rings. The molecule has 4 nitrogen and oxygen atoms in total. The van der Waals surface area contributed by atoms with Crippen LogP contribution in [-0.2, 0) is 0 Å². The minimum absolute atomic E-state index is 0.156. The van der Waals surface area contributed by atoms with Crippen LogP contribution in [-0.4, -0.2) is 23.2 Å². The molecule has 1 amide bonds. The zero-order valence-corrected chi connectivity index (χ0v) is 12.5. The number of rotatable bonds is 5. The first kappa shape index (κ1) is 15.5. The monoisotopic (exact) mass is 293 g/mol. The van der Waals surface area contributed by atoms with Crippen LogP contribution in [0.25, 0.3) is 11.0 Å². The van der Waals surface area contributed by atoms with Crippen LogP contribution in [0.3, 0.4) is 0 Å². The average molecular weight is 293 g/mol. The first-order valence-corrected chi connectivity index (χ1v) is 7.09. The van der Waals surface area contributed by atoms with E-state index in [0.29, 0.717) is 29.4 Å². The third kappa shape index (κ3) is 3.08. The van der Waals surface area contributed by atoms with E-state index in [1.165, 1.54) is 18.2 Å². The molecule has 2 N–H and O–H groups in total. The Labute approximate surface area is 122 Å². The van der Waals surface area contributed by atoms with Crippen molar-refractivity contribution in [1.29, 1.82) is 0 Å². The summed E-state index contributed by atoms with van der Waals surface area (Å²) >= 11 is 0. The number of hydrogen-bond donors (Lipinski definition) is 2. The molecule has 2 aromatic rings. The van der Waals surface area contributed by atoms with Crippen molar-refractivity contribution >= 4 is 16.9 Å². The van der Waals surface area contributed by atoms with Crippen molar-refractivity contribution in [2.45, 2.75) is 39.2 Å². The Morgan fingerprint density at radius 2 is 2.05 bits per heavy atom. The Kier molecular flexibility index (Phi) is 4.32. The van der Waals surface area contributed by atoms with Gasteiger partial charge in [-0.3, -0.25) is 4.79 Å². The second-order valence-corrected chi connectivity index (χ2v) is 5.31. The minimum Gasteiger partial charge on any atom is -0.451 e. The first-order chi connectivity index (χ1) is 9.90. The number of nitrogens with one attached hydrogen (secondary N) is 1. The Morgan fingerprint density at radius 3 is 2.67 bits per heavy atom. The molecule has 1 aromatic carbocycles. The van der Waals surface area contributed by atoms with Gasteiger partial charge in [-0.05, 0) is 38.0 Å². The Balaban J connectivity index is 2.22. The van der Waals surface area contributed by atoms with Crippen LogP contribution in [0.4, 0.5) is 4.39 Å². The van der Waals surface area contributed by atoms with Crippen LogP contribution in [0.2, 0.25) is 0 Å². The Morgan fingerprint density at radius 1 is 1.38 bits per heavy atom. The van der Waals surface area contributed by atoms with E-state index < -0.39 is 11.5 Å². The number of halogens is 1. The van der Waals surface area contributed by atoms with Crippen molar-refractivity contribution in [3.05, 3.63) is 35.3 Å². The summed E-state index contributed by atoms with van der Waals surface area (Å²) in [6.45, 7) is 5.60. The molecule has 1 aromatic heterocycles. The maximum atomic E-state index is 13.2. The number of amides is 1. The fraction of sp³-hybridized carbons (Fsp3) is 0.438. The molecule has 0 atom stereocenters. The van der Waals surface area contributed by atoms with Crippen LogP contribution in [0.1, 0.15) is 42.8 Å². The number of furan rings is 1. The molecule has 2 rings (SSSR count). The molecule has 0 unspecified atom stereocenters. The standard InChI is InChI=1S/C16H20FNO3/c1-4-16(20,5-2)9-18-15(19)14-10(3)12-8-11(17)6-7-13(12)21-14/h6-8,20H,4-5,9H2,1-3H3,(H,18,19). The molecular weight excluding hydrogens is 273 g/mol. The van der Waals surface area contributed by atoms with Gasteiger partial charge in [0.25, 0.3) is 5.91 Å². The van der Waals surface area contributed by atoms with Crippen LogP contribution >= 0.6 is 0 Å². The summed E-state index contributed by atoms with van der Waals surface area (Å²) in [5, 5.41) is 13.4. The number of fused-ring (bicyclic) bond motifs is 1. The molecule has 0 radical (unpaired) electrons. The highest BCUT2D eigenvalue weighted by Crippen LogP contribution is 2.26. The third-order valence-corrected chi connectivity index (χ3v) is 4.00. The third-order valence-electron chi connectivity index (χ3n) is 4.00. The highest BCUT2D eigenvalue weighted by atomic mass is 19.1. The van der Waals surface area contributed by atoms with Crippen molar-refractivity contribution in [3.63, 3.8) is 0 Å². The van der Waals surface area contributed by atoms with Gasteiger partial charge >= 0.3 is 0 Å². The van der Waals surface area contributed by atoms with Gasteiger partial charge in [0, 0.05) is 17.5 Å². The summed E-state index contributed by atoms with van der Waals surface area (Å²) in [5.74, 6) is -0.612. The highest BCUT2D eigenvalue weighted by Gasteiger charge is 2.25. The molecule has 0 saturated carbocycles. The lowest BCUT2D eigenvalue weighted by Crippen LogP contribution is -2.42. The summed E-state index contributed by atoms with van der Waals surface area (Å²) in [4.78, 5) is 12.2. The predicted molar refractivity (Wildman–Crippen MR) is 78.8 cm³/mol. The second-order valence-electron chi connectivity index (χ2n) is 5.31. The fourth-order valence-corrected chi connectivity index (χ4v) is 2.23. The van der Waals surface area contributed by atoms with Crippen LogP contribution in [0.15, 0.2) is 22.6 Å². The lowest BCUT2D eigenvalue weighted by Gasteiger charge is -2.25. The van der Waals surface area contributed by atoms with Gasteiger partial charge in [0.05, 0.1) is 5.60 Å². The number of benzene rings is 1. The van der Waals surface area contributed by atoms with Gasteiger partial charge in [0.2, 0.25) is 0 Å². The first-order valence-electron chi connectivity index (χ1n) is 7.09. The summed E-state index contributed by atoms with van der Waals surface area (Å²) in [7, 11) is 0. The van der Waals surface area contributed by atoms with E-state index in [2.05, 4.69) is 5.32 Å². The number of hydrogen-bond acceptors (Lipinski definition) is 3. The average Bonchev–Trinajstić information content (AvgIpc) is 2.81. The molecule has 0 aliphatic carbocycles. The maximum Gasteiger partial charge on any atom is 0.287 e. The maximum absolute atomic E-state index is 13.2. The number of aliphatic hydroxyl groups is 1. The zero-order chi connectivity index (χ0) is 15.6. The van der Waals surface area contributed by atoms with E-state index in [1.807, 2.05) is 13.8 Å². The molecule has 0 spiro atoms. The molecule has 5 heteroatoms. The predicted octanol–water partition coefficient (Wildman–Crippen LogP) is 3.16. The van der Waals surface area contributed by atoms with E-state index >= 15 is 0 Å². The van der Waals surface area contributed by atoms with Gasteiger partial charge in [-0.1, -0.05) is 13.8 Å². The van der Waals surface area contributed by atoms with E-state index in [-0.39, 0.29) is 18.1 Å². The molecule has 1 heterocycles. The number of aryl methyl sites for hydroxylation is 1. The van der Waals surface area contributed by atoms with Crippen molar-refractivity contribution in [2.24, 2.45) is 0 Å². The quantitative estimate of drug-likeness (QED) is 0.890. The second kappa shape index (κ2) is 5.85. The van der Waals surface area contributed by atoms with E-state index in [4.69, 9.17) is 4.42 Å². The molecule has 21 heavy (non-hydrogen) atoms. The van der Waals surface area contributed by atoms with E-state index in [9.17, 15) is 14.3 Å². The van der Waals surface area contributed by atoms with Crippen molar-refractivity contribution in [3.8, 4) is 0 Å². The van der Waals surface area contributed by atoms with Gasteiger partial charge in [0.15, 0.2) is 5.76 Å². The topological polar surface area (TPSA) is 62.5 Å². The molecular formula is C16H20FNO3. The number of carbonyl (C=O) groups excluding carboxylic acids is 1. The summed E-state index contributed by atoms with van der Waals surface area (Å²) < 4.78 is 18.7. The van der Waals surface area contributed by atoms with Crippen LogP contribution < -0.4 is 5.32 Å². The molecule has 114 valence electrons. The van der Waals surface area contributed by atoms with Gasteiger partial charge in [-0.25, -0.2) is 4.39 Å². The Hall–Kier alpha value is -1.88. The molecule has 0 aliphatic heterocycles. The van der Waals surface area contributed by atoms with E-state index in [1.54, 1.807) is 6.92 Å². The van der Waals surface area contributed by atoms with Gasteiger partial charge in [0.1, 0.15) is 11.4 Å². The van der Waals surface area contributed by atoms with Gasteiger partial charge in [-0.2, -0.15) is 0 Å². The lowest BCUT2D eigenvalue weighted by molar-refractivity contribution is 0.0310. The normalized spacial score (nSPS) is 11.9. The van der Waals surface area contributed by atoms with Gasteiger partial charge in [-0.15, -0.1) is 0 Å². The Bertz CT molecular complexity index is 659. The van der Waals surface area contributed by atoms with Gasteiger partial charge < -0.3 is 14.8 Å². The van der Waals surface area contributed by atoms with E-state index in [0.717, 1.165) is 0 Å². The fourth-order valence-electron chi connectivity index (χ4n) is 2.23.